The maximum absolute atomic E-state index is 4.67. The second-order valence-electron chi connectivity index (χ2n) is 9.56. The SMILES string of the molecule is CC(C)(C)c1ccnc(-c2ccc3c(c2)C2(C)CCC3(C)CC2)c1. The molecule has 1 aromatic carbocycles. The van der Waals surface area contributed by atoms with E-state index in [-0.39, 0.29) is 5.41 Å². The molecule has 3 aliphatic rings. The zero-order valence-corrected chi connectivity index (χ0v) is 15.7. The van der Waals surface area contributed by atoms with Gasteiger partial charge in [-0.1, -0.05) is 46.8 Å². The number of fused-ring (bicyclic) bond motifs is 2. The Hall–Kier alpha value is -1.63. The summed E-state index contributed by atoms with van der Waals surface area (Å²) in [6.07, 6.45) is 7.30. The molecule has 3 aliphatic carbocycles. The van der Waals surface area contributed by atoms with Crippen LogP contribution in [0.3, 0.4) is 0 Å². The molecule has 2 aromatic rings. The lowest BCUT2D eigenvalue weighted by atomic mass is 9.52. The van der Waals surface area contributed by atoms with Gasteiger partial charge in [-0.25, -0.2) is 0 Å². The second kappa shape index (κ2) is 4.94. The molecule has 1 fully saturated rings. The highest BCUT2D eigenvalue weighted by Crippen LogP contribution is 2.56. The molecule has 0 unspecified atom stereocenters. The van der Waals surface area contributed by atoms with E-state index in [4.69, 9.17) is 0 Å². The van der Waals surface area contributed by atoms with Crippen molar-refractivity contribution in [2.24, 2.45) is 0 Å². The number of aromatic nitrogens is 1. The minimum Gasteiger partial charge on any atom is -0.256 e. The fourth-order valence-electron chi connectivity index (χ4n) is 4.68. The number of hydrogen-bond donors (Lipinski definition) is 0. The van der Waals surface area contributed by atoms with Crippen LogP contribution in [0.2, 0.25) is 0 Å². The highest BCUT2D eigenvalue weighted by Gasteiger charge is 2.47. The predicted molar refractivity (Wildman–Crippen MR) is 102 cm³/mol. The zero-order valence-electron chi connectivity index (χ0n) is 15.7. The smallest absolute Gasteiger partial charge is 0.0704 e. The highest BCUT2D eigenvalue weighted by molar-refractivity contribution is 5.64. The van der Waals surface area contributed by atoms with Crippen molar-refractivity contribution in [2.75, 3.05) is 0 Å². The van der Waals surface area contributed by atoms with Gasteiger partial charge in [0.2, 0.25) is 0 Å². The molecule has 1 heterocycles. The van der Waals surface area contributed by atoms with Crippen molar-refractivity contribution in [1.29, 1.82) is 0 Å². The van der Waals surface area contributed by atoms with Gasteiger partial charge in [-0.2, -0.15) is 0 Å². The van der Waals surface area contributed by atoms with Gasteiger partial charge in [0.1, 0.15) is 0 Å². The van der Waals surface area contributed by atoms with Gasteiger partial charge in [-0.15, -0.1) is 0 Å². The zero-order chi connectivity index (χ0) is 17.2. The molecule has 1 nitrogen and oxygen atoms in total. The summed E-state index contributed by atoms with van der Waals surface area (Å²) >= 11 is 0. The van der Waals surface area contributed by atoms with Crippen LogP contribution < -0.4 is 0 Å². The molecule has 5 rings (SSSR count). The third kappa shape index (κ3) is 2.32. The van der Waals surface area contributed by atoms with E-state index in [1.165, 1.54) is 36.8 Å². The molecule has 0 radical (unpaired) electrons. The molecule has 0 amide bonds. The average molecular weight is 319 g/mol. The van der Waals surface area contributed by atoms with Crippen LogP contribution in [0.4, 0.5) is 0 Å². The van der Waals surface area contributed by atoms with Crippen LogP contribution in [0.5, 0.6) is 0 Å². The Kier molecular flexibility index (Phi) is 3.27. The van der Waals surface area contributed by atoms with E-state index < -0.39 is 0 Å². The van der Waals surface area contributed by atoms with E-state index in [2.05, 4.69) is 69.9 Å². The van der Waals surface area contributed by atoms with Crippen LogP contribution in [0, 0.1) is 0 Å². The van der Waals surface area contributed by atoms with Crippen molar-refractivity contribution in [2.45, 2.75) is 76.5 Å². The van der Waals surface area contributed by atoms with Crippen LogP contribution in [0.25, 0.3) is 11.3 Å². The largest absolute Gasteiger partial charge is 0.256 e. The molecule has 0 aliphatic heterocycles. The molecule has 0 atom stereocenters. The fourth-order valence-corrected chi connectivity index (χ4v) is 4.68. The number of rotatable bonds is 1. The van der Waals surface area contributed by atoms with E-state index >= 15 is 0 Å². The number of hydrogen-bond acceptors (Lipinski definition) is 1. The molecule has 1 heteroatoms. The second-order valence-corrected chi connectivity index (χ2v) is 9.56. The van der Waals surface area contributed by atoms with E-state index in [9.17, 15) is 0 Å². The summed E-state index contributed by atoms with van der Waals surface area (Å²) in [7, 11) is 0. The third-order valence-electron chi connectivity index (χ3n) is 6.70. The number of pyridine rings is 1. The quantitative estimate of drug-likeness (QED) is 0.614. The van der Waals surface area contributed by atoms with Gasteiger partial charge in [-0.3, -0.25) is 4.98 Å². The topological polar surface area (TPSA) is 12.9 Å². The normalized spacial score (nSPS) is 28.7. The van der Waals surface area contributed by atoms with Crippen LogP contribution >= 0.6 is 0 Å². The summed E-state index contributed by atoms with van der Waals surface area (Å²) in [6, 6.07) is 11.6. The Labute approximate surface area is 146 Å². The monoisotopic (exact) mass is 319 g/mol. The lowest BCUT2D eigenvalue weighted by Crippen LogP contribution is -2.44. The standard InChI is InChI=1S/C23H29N/c1-21(2,3)17-8-13-24-20(15-17)16-6-7-18-19(14-16)23(5)11-9-22(18,4)10-12-23/h6-8,13-15H,9-12H2,1-5H3. The Bertz CT molecular complexity index is 786. The predicted octanol–water partition coefficient (Wildman–Crippen LogP) is 6.15. The van der Waals surface area contributed by atoms with E-state index in [1.807, 2.05) is 6.20 Å². The molecule has 126 valence electrons. The summed E-state index contributed by atoms with van der Waals surface area (Å²) in [6.45, 7) is 11.7. The minimum absolute atomic E-state index is 0.157. The minimum atomic E-state index is 0.157. The molecule has 2 bridgehead atoms. The van der Waals surface area contributed by atoms with Gasteiger partial charge in [0.15, 0.2) is 0 Å². The number of benzene rings is 1. The van der Waals surface area contributed by atoms with Crippen LogP contribution in [0.15, 0.2) is 36.5 Å². The summed E-state index contributed by atoms with van der Waals surface area (Å²) in [5, 5.41) is 0. The van der Waals surface area contributed by atoms with Gasteiger partial charge in [-0.05, 0) is 76.8 Å². The Morgan fingerprint density at radius 1 is 0.833 bits per heavy atom. The van der Waals surface area contributed by atoms with Crippen molar-refractivity contribution < 1.29 is 0 Å². The molecule has 0 saturated heterocycles. The molecule has 1 aromatic heterocycles. The van der Waals surface area contributed by atoms with Gasteiger partial charge >= 0.3 is 0 Å². The Balaban J connectivity index is 1.83. The van der Waals surface area contributed by atoms with Gasteiger partial charge < -0.3 is 0 Å². The Morgan fingerprint density at radius 3 is 2.08 bits per heavy atom. The lowest BCUT2D eigenvalue weighted by molar-refractivity contribution is 0.188. The lowest BCUT2D eigenvalue weighted by Gasteiger charge is -2.52. The molecule has 1 saturated carbocycles. The summed E-state index contributed by atoms with van der Waals surface area (Å²) in [4.78, 5) is 4.67. The van der Waals surface area contributed by atoms with Crippen molar-refractivity contribution >= 4 is 0 Å². The number of nitrogens with zero attached hydrogens (tertiary/aromatic N) is 1. The first-order chi connectivity index (χ1) is 11.2. The van der Waals surface area contributed by atoms with Crippen molar-refractivity contribution in [3.05, 3.63) is 53.2 Å². The molecule has 0 spiro atoms. The first-order valence-electron chi connectivity index (χ1n) is 9.33. The third-order valence-corrected chi connectivity index (χ3v) is 6.70. The molecule has 24 heavy (non-hydrogen) atoms. The van der Waals surface area contributed by atoms with Crippen LogP contribution in [-0.2, 0) is 16.2 Å². The maximum atomic E-state index is 4.67. The van der Waals surface area contributed by atoms with Crippen molar-refractivity contribution in [3.63, 3.8) is 0 Å². The average Bonchev–Trinajstić information content (AvgIpc) is 2.56. The van der Waals surface area contributed by atoms with Crippen LogP contribution in [0.1, 0.15) is 77.0 Å². The summed E-state index contributed by atoms with van der Waals surface area (Å²) in [5.74, 6) is 0. The van der Waals surface area contributed by atoms with E-state index in [0.717, 1.165) is 5.69 Å². The Morgan fingerprint density at radius 2 is 1.46 bits per heavy atom. The first kappa shape index (κ1) is 15.9. The van der Waals surface area contributed by atoms with Crippen molar-refractivity contribution in [1.82, 2.24) is 4.98 Å². The van der Waals surface area contributed by atoms with E-state index in [0.29, 0.717) is 10.8 Å². The van der Waals surface area contributed by atoms with Gasteiger partial charge in [0.25, 0.3) is 0 Å². The molecule has 0 N–H and O–H groups in total. The van der Waals surface area contributed by atoms with Gasteiger partial charge in [0, 0.05) is 11.8 Å². The molecular formula is C23H29N. The summed E-state index contributed by atoms with van der Waals surface area (Å²) in [5.41, 5.74) is 7.84. The van der Waals surface area contributed by atoms with Gasteiger partial charge in [0.05, 0.1) is 5.69 Å². The fraction of sp³-hybridized carbons (Fsp3) is 0.522. The highest BCUT2D eigenvalue weighted by atomic mass is 14.7. The first-order valence-corrected chi connectivity index (χ1v) is 9.33. The van der Waals surface area contributed by atoms with E-state index in [1.54, 1.807) is 11.1 Å². The van der Waals surface area contributed by atoms with Crippen molar-refractivity contribution in [3.8, 4) is 11.3 Å². The molecular weight excluding hydrogens is 290 g/mol. The summed E-state index contributed by atoms with van der Waals surface area (Å²) < 4.78 is 0. The maximum Gasteiger partial charge on any atom is 0.0704 e. The van der Waals surface area contributed by atoms with Crippen LogP contribution in [-0.4, -0.2) is 4.98 Å².